The first-order chi connectivity index (χ1) is 8.93. The van der Waals surface area contributed by atoms with Crippen molar-refractivity contribution >= 4 is 27.5 Å². The third-order valence-corrected chi connectivity index (χ3v) is 4.74. The van der Waals surface area contributed by atoms with Crippen LogP contribution in [0.3, 0.4) is 0 Å². The summed E-state index contributed by atoms with van der Waals surface area (Å²) in [6, 6.07) is 6.16. The monoisotopic (exact) mass is 305 g/mol. The maximum absolute atomic E-state index is 12.4. The van der Waals surface area contributed by atoms with Crippen LogP contribution in [0.1, 0.15) is 13.3 Å². The van der Waals surface area contributed by atoms with Crippen LogP contribution in [0.2, 0.25) is 5.02 Å². The summed E-state index contributed by atoms with van der Waals surface area (Å²) in [5.74, 6) is -0.177. The van der Waals surface area contributed by atoms with Crippen LogP contribution in [0.5, 0.6) is 0 Å². The molecule has 106 valence electrons. The largest absolute Gasteiger partial charge is 0.409 e. The molecule has 0 aliphatic heterocycles. The summed E-state index contributed by atoms with van der Waals surface area (Å²) in [6.07, 6.45) is 0.600. The lowest BCUT2D eigenvalue weighted by Crippen LogP contribution is -2.39. The Balaban J connectivity index is 3.17. The zero-order valence-corrected chi connectivity index (χ0v) is 12.0. The second-order valence-corrected chi connectivity index (χ2v) is 6.17. The predicted octanol–water partition coefficient (Wildman–Crippen LogP) is 1.49. The maximum atomic E-state index is 12.4. The van der Waals surface area contributed by atoms with Crippen molar-refractivity contribution in [2.75, 3.05) is 13.1 Å². The molecule has 0 aliphatic carbocycles. The van der Waals surface area contributed by atoms with Gasteiger partial charge in [-0.25, -0.2) is 8.42 Å². The van der Waals surface area contributed by atoms with Gasteiger partial charge in [-0.3, -0.25) is 0 Å². The minimum atomic E-state index is -3.77. The highest BCUT2D eigenvalue weighted by Crippen LogP contribution is 2.24. The highest BCUT2D eigenvalue weighted by molar-refractivity contribution is 7.89. The van der Waals surface area contributed by atoms with Crippen molar-refractivity contribution < 1.29 is 13.6 Å². The van der Waals surface area contributed by atoms with Gasteiger partial charge in [0.15, 0.2) is 5.84 Å². The second-order valence-electron chi connectivity index (χ2n) is 3.86. The molecule has 0 saturated heterocycles. The molecular weight excluding hydrogens is 290 g/mol. The quantitative estimate of drug-likeness (QED) is 0.360. The van der Waals surface area contributed by atoms with Gasteiger partial charge in [-0.1, -0.05) is 35.8 Å². The molecule has 0 radical (unpaired) electrons. The first-order valence-corrected chi connectivity index (χ1v) is 7.46. The molecule has 3 N–H and O–H groups in total. The van der Waals surface area contributed by atoms with E-state index in [1.807, 2.05) is 6.92 Å². The number of oxime groups is 1. The Morgan fingerprint density at radius 2 is 2.11 bits per heavy atom. The Bertz CT molecular complexity index is 560. The zero-order valence-electron chi connectivity index (χ0n) is 10.5. The minimum absolute atomic E-state index is 0.0101. The molecule has 0 amide bonds. The van der Waals surface area contributed by atoms with Gasteiger partial charge in [-0.2, -0.15) is 4.31 Å². The molecule has 6 nitrogen and oxygen atoms in total. The number of nitrogens with two attached hydrogens (primary N) is 1. The Morgan fingerprint density at radius 3 is 2.63 bits per heavy atom. The zero-order chi connectivity index (χ0) is 14.5. The van der Waals surface area contributed by atoms with E-state index in [1.54, 1.807) is 12.1 Å². The fraction of sp³-hybridized carbons (Fsp3) is 0.364. The van der Waals surface area contributed by atoms with E-state index in [2.05, 4.69) is 5.16 Å². The predicted molar refractivity (Wildman–Crippen MR) is 73.9 cm³/mol. The topological polar surface area (TPSA) is 96.0 Å². The number of benzene rings is 1. The number of nitrogens with zero attached hydrogens (tertiary/aromatic N) is 2. The third-order valence-electron chi connectivity index (χ3n) is 2.39. The molecule has 1 aromatic carbocycles. The van der Waals surface area contributed by atoms with Crippen LogP contribution in [0, 0.1) is 0 Å². The van der Waals surface area contributed by atoms with Gasteiger partial charge < -0.3 is 10.9 Å². The van der Waals surface area contributed by atoms with Gasteiger partial charge in [0.05, 0.1) is 11.6 Å². The van der Waals surface area contributed by atoms with E-state index in [4.69, 9.17) is 22.5 Å². The van der Waals surface area contributed by atoms with Gasteiger partial charge in [-0.05, 0) is 18.6 Å². The molecule has 1 rings (SSSR count). The molecule has 0 spiro atoms. The van der Waals surface area contributed by atoms with Gasteiger partial charge in [0.1, 0.15) is 4.90 Å². The molecule has 0 saturated carbocycles. The maximum Gasteiger partial charge on any atom is 0.244 e. The average Bonchev–Trinajstić information content (AvgIpc) is 2.38. The van der Waals surface area contributed by atoms with Crippen molar-refractivity contribution in [3.05, 3.63) is 29.3 Å². The van der Waals surface area contributed by atoms with Crippen LogP contribution in [-0.4, -0.2) is 36.9 Å². The van der Waals surface area contributed by atoms with E-state index >= 15 is 0 Å². The summed E-state index contributed by atoms with van der Waals surface area (Å²) in [7, 11) is -3.77. The van der Waals surface area contributed by atoms with Crippen molar-refractivity contribution in [1.29, 1.82) is 0 Å². The van der Waals surface area contributed by atoms with Crippen molar-refractivity contribution in [3.8, 4) is 0 Å². The van der Waals surface area contributed by atoms with Crippen molar-refractivity contribution in [3.63, 3.8) is 0 Å². The molecule has 0 atom stereocenters. The lowest BCUT2D eigenvalue weighted by atomic mass is 10.4. The summed E-state index contributed by atoms with van der Waals surface area (Å²) in [4.78, 5) is 0.0101. The van der Waals surface area contributed by atoms with Crippen molar-refractivity contribution in [1.82, 2.24) is 4.31 Å². The third kappa shape index (κ3) is 3.82. The lowest BCUT2D eigenvalue weighted by molar-refractivity contribution is 0.314. The van der Waals surface area contributed by atoms with Crippen molar-refractivity contribution in [2.45, 2.75) is 18.2 Å². The number of rotatable bonds is 6. The molecule has 0 heterocycles. The van der Waals surface area contributed by atoms with Gasteiger partial charge in [-0.15, -0.1) is 0 Å². The number of hydrogen-bond acceptors (Lipinski definition) is 4. The van der Waals surface area contributed by atoms with Crippen LogP contribution in [0.25, 0.3) is 0 Å². The van der Waals surface area contributed by atoms with E-state index in [-0.39, 0.29) is 28.8 Å². The Morgan fingerprint density at radius 1 is 1.47 bits per heavy atom. The molecule has 0 aromatic heterocycles. The molecule has 8 heteroatoms. The summed E-state index contributed by atoms with van der Waals surface area (Å²) in [5, 5.41) is 11.5. The fourth-order valence-electron chi connectivity index (χ4n) is 1.54. The standard InChI is InChI=1S/C11H16ClN3O3S/c1-2-7-15(8-11(13)14-16)19(17,18)10-6-4-3-5-9(10)12/h3-6,16H,2,7-8H2,1H3,(H2,13,14). The average molecular weight is 306 g/mol. The Hall–Kier alpha value is -1.31. The molecule has 0 aliphatic rings. The summed E-state index contributed by atoms with van der Waals surface area (Å²) < 4.78 is 26.0. The highest BCUT2D eigenvalue weighted by atomic mass is 35.5. The van der Waals surface area contributed by atoms with Crippen molar-refractivity contribution in [2.24, 2.45) is 10.9 Å². The smallest absolute Gasteiger partial charge is 0.244 e. The summed E-state index contributed by atoms with van der Waals surface area (Å²) >= 11 is 5.91. The second kappa shape index (κ2) is 6.74. The van der Waals surface area contributed by atoms with Gasteiger partial charge in [0, 0.05) is 6.54 Å². The van der Waals surface area contributed by atoms with Crippen LogP contribution in [0.15, 0.2) is 34.3 Å². The Kier molecular flexibility index (Phi) is 5.59. The molecule has 1 aromatic rings. The minimum Gasteiger partial charge on any atom is -0.409 e. The first kappa shape index (κ1) is 15.7. The van der Waals surface area contributed by atoms with E-state index in [0.717, 1.165) is 4.31 Å². The number of halogens is 1. The molecule has 0 bridgehead atoms. The first-order valence-electron chi connectivity index (χ1n) is 5.64. The lowest BCUT2D eigenvalue weighted by Gasteiger charge is -2.21. The van der Waals surface area contributed by atoms with E-state index < -0.39 is 10.0 Å². The van der Waals surface area contributed by atoms with E-state index in [1.165, 1.54) is 12.1 Å². The molecule has 19 heavy (non-hydrogen) atoms. The van der Waals surface area contributed by atoms with Crippen LogP contribution in [0.4, 0.5) is 0 Å². The van der Waals surface area contributed by atoms with Crippen LogP contribution in [-0.2, 0) is 10.0 Å². The van der Waals surface area contributed by atoms with Gasteiger partial charge in [0.2, 0.25) is 10.0 Å². The van der Waals surface area contributed by atoms with Gasteiger partial charge >= 0.3 is 0 Å². The van der Waals surface area contributed by atoms with E-state index in [9.17, 15) is 8.42 Å². The SMILES string of the molecule is CCCN(CC(N)=NO)S(=O)(=O)c1ccccc1Cl. The van der Waals surface area contributed by atoms with Crippen LogP contribution >= 0.6 is 11.6 Å². The number of amidine groups is 1. The molecule has 0 unspecified atom stereocenters. The fourth-order valence-corrected chi connectivity index (χ4v) is 3.54. The highest BCUT2D eigenvalue weighted by Gasteiger charge is 2.26. The summed E-state index contributed by atoms with van der Waals surface area (Å²) in [5.41, 5.74) is 5.38. The number of sulfonamides is 1. The van der Waals surface area contributed by atoms with Crippen LogP contribution < -0.4 is 5.73 Å². The van der Waals surface area contributed by atoms with Gasteiger partial charge in [0.25, 0.3) is 0 Å². The Labute approximate surface area is 117 Å². The molecular formula is C11H16ClN3O3S. The normalized spacial score (nSPS) is 12.9. The summed E-state index contributed by atoms with van der Waals surface area (Å²) in [6.45, 7) is 1.91. The number of hydrogen-bond donors (Lipinski definition) is 2. The molecule has 0 fully saturated rings. The van der Waals surface area contributed by atoms with E-state index in [0.29, 0.717) is 6.42 Å².